The highest BCUT2D eigenvalue weighted by Gasteiger charge is 2.25. The van der Waals surface area contributed by atoms with E-state index >= 15 is 0 Å². The average Bonchev–Trinajstić information content (AvgIpc) is 2.86. The van der Waals surface area contributed by atoms with Gasteiger partial charge in [-0.3, -0.25) is 0 Å². The molecule has 3 rings (SSSR count). The van der Waals surface area contributed by atoms with E-state index < -0.39 is 0 Å². The van der Waals surface area contributed by atoms with Crippen molar-refractivity contribution < 1.29 is 0 Å². The fraction of sp³-hybridized carbons (Fsp3) is 0.571. The molecule has 1 heterocycles. The molecule has 0 spiro atoms. The van der Waals surface area contributed by atoms with Crippen LogP contribution in [-0.2, 0) is 12.8 Å². The van der Waals surface area contributed by atoms with Crippen molar-refractivity contribution in [3.8, 4) is 0 Å². The standard InChI is InChI=1S/C14H18BrN/c15-13-4-3-11-6-10(7-12(11)9-13)8-14-2-1-5-16-14/h3-4,9-10,14,16H,1-2,5-8H2. The Balaban J connectivity index is 1.65. The van der Waals surface area contributed by atoms with Gasteiger partial charge in [0.1, 0.15) is 0 Å². The van der Waals surface area contributed by atoms with Crippen molar-refractivity contribution in [3.63, 3.8) is 0 Å². The van der Waals surface area contributed by atoms with Crippen LogP contribution in [0.3, 0.4) is 0 Å². The molecule has 16 heavy (non-hydrogen) atoms. The molecule has 86 valence electrons. The third-order valence-corrected chi connectivity index (χ3v) is 4.46. The van der Waals surface area contributed by atoms with Crippen LogP contribution in [0.5, 0.6) is 0 Å². The van der Waals surface area contributed by atoms with E-state index in [2.05, 4.69) is 39.4 Å². The molecule has 0 amide bonds. The number of hydrogen-bond acceptors (Lipinski definition) is 1. The van der Waals surface area contributed by atoms with Crippen LogP contribution in [0.2, 0.25) is 0 Å². The predicted molar refractivity (Wildman–Crippen MR) is 70.7 cm³/mol. The van der Waals surface area contributed by atoms with Crippen molar-refractivity contribution in [2.24, 2.45) is 5.92 Å². The van der Waals surface area contributed by atoms with Gasteiger partial charge < -0.3 is 5.32 Å². The summed E-state index contributed by atoms with van der Waals surface area (Å²) in [6, 6.07) is 7.57. The van der Waals surface area contributed by atoms with Crippen LogP contribution in [0, 0.1) is 5.92 Å². The highest BCUT2D eigenvalue weighted by Crippen LogP contribution is 2.32. The van der Waals surface area contributed by atoms with E-state index in [0.717, 1.165) is 12.0 Å². The van der Waals surface area contributed by atoms with Crippen LogP contribution in [0.25, 0.3) is 0 Å². The van der Waals surface area contributed by atoms with Crippen molar-refractivity contribution >= 4 is 15.9 Å². The fourth-order valence-corrected chi connectivity index (χ4v) is 3.61. The van der Waals surface area contributed by atoms with Gasteiger partial charge in [-0.25, -0.2) is 0 Å². The summed E-state index contributed by atoms with van der Waals surface area (Å²) in [5, 5.41) is 3.61. The Hall–Kier alpha value is -0.340. The second-order valence-electron chi connectivity index (χ2n) is 5.22. The van der Waals surface area contributed by atoms with Crippen LogP contribution in [0.1, 0.15) is 30.4 Å². The summed E-state index contributed by atoms with van der Waals surface area (Å²) >= 11 is 3.56. The average molecular weight is 280 g/mol. The number of halogens is 1. The Morgan fingerprint density at radius 2 is 2.12 bits per heavy atom. The van der Waals surface area contributed by atoms with E-state index in [-0.39, 0.29) is 0 Å². The molecule has 1 nitrogen and oxygen atoms in total. The fourth-order valence-electron chi connectivity index (χ4n) is 3.20. The monoisotopic (exact) mass is 279 g/mol. The number of nitrogens with one attached hydrogen (secondary N) is 1. The van der Waals surface area contributed by atoms with Gasteiger partial charge in [0.2, 0.25) is 0 Å². The van der Waals surface area contributed by atoms with E-state index in [1.165, 1.54) is 43.1 Å². The van der Waals surface area contributed by atoms with E-state index in [0.29, 0.717) is 0 Å². The number of fused-ring (bicyclic) bond motifs is 1. The van der Waals surface area contributed by atoms with Crippen molar-refractivity contribution in [2.45, 2.75) is 38.1 Å². The number of hydrogen-bond donors (Lipinski definition) is 1. The van der Waals surface area contributed by atoms with Crippen molar-refractivity contribution in [1.82, 2.24) is 5.32 Å². The Morgan fingerprint density at radius 3 is 2.94 bits per heavy atom. The maximum Gasteiger partial charge on any atom is 0.0178 e. The maximum atomic E-state index is 3.61. The molecule has 1 fully saturated rings. The molecule has 0 bridgehead atoms. The number of benzene rings is 1. The molecule has 1 aromatic carbocycles. The number of rotatable bonds is 2. The quantitative estimate of drug-likeness (QED) is 0.876. The lowest BCUT2D eigenvalue weighted by Gasteiger charge is -2.15. The van der Waals surface area contributed by atoms with Gasteiger partial charge in [-0.05, 0) is 67.8 Å². The van der Waals surface area contributed by atoms with Crippen LogP contribution in [0.4, 0.5) is 0 Å². The van der Waals surface area contributed by atoms with Gasteiger partial charge in [0.05, 0.1) is 0 Å². The Morgan fingerprint density at radius 1 is 1.25 bits per heavy atom. The molecule has 1 saturated heterocycles. The lowest BCUT2D eigenvalue weighted by molar-refractivity contribution is 0.425. The van der Waals surface area contributed by atoms with E-state index in [4.69, 9.17) is 0 Å². The van der Waals surface area contributed by atoms with Crippen molar-refractivity contribution in [1.29, 1.82) is 0 Å². The minimum absolute atomic E-state index is 0.794. The van der Waals surface area contributed by atoms with Gasteiger partial charge in [-0.1, -0.05) is 22.0 Å². The zero-order valence-electron chi connectivity index (χ0n) is 9.51. The molecule has 2 aliphatic rings. The van der Waals surface area contributed by atoms with E-state index in [1.54, 1.807) is 11.1 Å². The van der Waals surface area contributed by atoms with Gasteiger partial charge in [-0.2, -0.15) is 0 Å². The third-order valence-electron chi connectivity index (χ3n) is 3.97. The van der Waals surface area contributed by atoms with Crippen LogP contribution in [-0.4, -0.2) is 12.6 Å². The minimum atomic E-state index is 0.794. The predicted octanol–water partition coefficient (Wildman–Crippen LogP) is 3.31. The zero-order chi connectivity index (χ0) is 11.0. The van der Waals surface area contributed by atoms with Gasteiger partial charge in [0.15, 0.2) is 0 Å². The smallest absolute Gasteiger partial charge is 0.0178 e. The largest absolute Gasteiger partial charge is 0.314 e. The van der Waals surface area contributed by atoms with Gasteiger partial charge >= 0.3 is 0 Å². The van der Waals surface area contributed by atoms with E-state index in [1.807, 2.05) is 0 Å². The van der Waals surface area contributed by atoms with Crippen molar-refractivity contribution in [2.75, 3.05) is 6.54 Å². The molecular weight excluding hydrogens is 262 g/mol. The molecular formula is C14H18BrN. The highest BCUT2D eigenvalue weighted by atomic mass is 79.9. The molecule has 0 aromatic heterocycles. The normalized spacial score (nSPS) is 28.3. The van der Waals surface area contributed by atoms with Gasteiger partial charge in [-0.15, -0.1) is 0 Å². The molecule has 2 unspecified atom stereocenters. The molecule has 2 atom stereocenters. The van der Waals surface area contributed by atoms with Gasteiger partial charge in [0.25, 0.3) is 0 Å². The summed E-state index contributed by atoms with van der Waals surface area (Å²) in [5.74, 6) is 0.875. The lowest BCUT2D eigenvalue weighted by Crippen LogP contribution is -2.24. The first kappa shape index (κ1) is 10.8. The Bertz CT molecular complexity index is 382. The summed E-state index contributed by atoms with van der Waals surface area (Å²) in [7, 11) is 0. The molecule has 1 aromatic rings. The Kier molecular flexibility index (Phi) is 3.03. The molecule has 0 radical (unpaired) electrons. The topological polar surface area (TPSA) is 12.0 Å². The molecule has 1 aliphatic carbocycles. The molecule has 0 saturated carbocycles. The maximum absolute atomic E-state index is 3.61. The summed E-state index contributed by atoms with van der Waals surface area (Å²) < 4.78 is 1.23. The first-order valence-electron chi connectivity index (χ1n) is 6.32. The van der Waals surface area contributed by atoms with E-state index in [9.17, 15) is 0 Å². The SMILES string of the molecule is Brc1ccc2c(c1)CC(CC1CCCN1)C2. The first-order valence-corrected chi connectivity index (χ1v) is 7.11. The molecule has 2 heteroatoms. The zero-order valence-corrected chi connectivity index (χ0v) is 11.1. The Labute approximate surface area is 106 Å². The second-order valence-corrected chi connectivity index (χ2v) is 6.13. The second kappa shape index (κ2) is 4.50. The molecule has 1 N–H and O–H groups in total. The minimum Gasteiger partial charge on any atom is -0.314 e. The van der Waals surface area contributed by atoms with Crippen molar-refractivity contribution in [3.05, 3.63) is 33.8 Å². The lowest BCUT2D eigenvalue weighted by atomic mass is 9.96. The van der Waals surface area contributed by atoms with Gasteiger partial charge in [0, 0.05) is 10.5 Å². The summed E-state index contributed by atoms with van der Waals surface area (Å²) in [4.78, 5) is 0. The van der Waals surface area contributed by atoms with Crippen LogP contribution in [0.15, 0.2) is 22.7 Å². The van der Waals surface area contributed by atoms with Crippen LogP contribution < -0.4 is 5.32 Å². The van der Waals surface area contributed by atoms with Crippen LogP contribution >= 0.6 is 15.9 Å². The third kappa shape index (κ3) is 2.18. The summed E-state index contributed by atoms with van der Waals surface area (Å²) in [6.07, 6.45) is 6.70. The summed E-state index contributed by atoms with van der Waals surface area (Å²) in [5.41, 5.74) is 3.14. The first-order chi connectivity index (χ1) is 7.81. The highest BCUT2D eigenvalue weighted by molar-refractivity contribution is 9.10. The molecule has 1 aliphatic heterocycles. The summed E-state index contributed by atoms with van der Waals surface area (Å²) in [6.45, 7) is 1.23.